The van der Waals surface area contributed by atoms with Gasteiger partial charge < -0.3 is 0 Å². The van der Waals surface area contributed by atoms with E-state index in [0.29, 0.717) is 5.56 Å². The van der Waals surface area contributed by atoms with E-state index in [4.69, 9.17) is 11.6 Å². The minimum absolute atomic E-state index is 0.428. The van der Waals surface area contributed by atoms with Crippen molar-refractivity contribution in [3.8, 4) is 0 Å². The number of hydrogen-bond donors (Lipinski definition) is 0. The minimum Gasteiger partial charge on any atom is -0.276 e. The lowest BCUT2D eigenvalue weighted by Crippen LogP contribution is -1.88. The van der Waals surface area contributed by atoms with E-state index in [1.54, 1.807) is 12.1 Å². The predicted octanol–water partition coefficient (Wildman–Crippen LogP) is 3.10. The van der Waals surface area contributed by atoms with E-state index >= 15 is 0 Å². The molecule has 0 aliphatic rings. The molecule has 2 heteroatoms. The van der Waals surface area contributed by atoms with E-state index in [9.17, 15) is 4.79 Å². The summed E-state index contributed by atoms with van der Waals surface area (Å²) in [6.45, 7) is 5.70. The first-order valence-corrected chi connectivity index (χ1v) is 3.95. The van der Waals surface area contributed by atoms with Gasteiger partial charge in [-0.15, -0.1) is 0 Å². The Labute approximate surface area is 76.7 Å². The van der Waals surface area contributed by atoms with Gasteiger partial charge in [-0.1, -0.05) is 24.3 Å². The zero-order valence-electron chi connectivity index (χ0n) is 6.80. The highest BCUT2D eigenvalue weighted by molar-refractivity contribution is 6.67. The zero-order chi connectivity index (χ0) is 9.14. The highest BCUT2D eigenvalue weighted by Crippen LogP contribution is 2.13. The van der Waals surface area contributed by atoms with Crippen LogP contribution in [0.3, 0.4) is 0 Å². The maximum absolute atomic E-state index is 10.7. The molecule has 1 aromatic carbocycles. The summed E-state index contributed by atoms with van der Waals surface area (Å²) in [5.41, 5.74) is 2.52. The second-order valence-corrected chi connectivity index (χ2v) is 2.97. The Hall–Kier alpha value is -1.08. The van der Waals surface area contributed by atoms with E-state index < -0.39 is 5.24 Å². The molecule has 0 radical (unpaired) electrons. The molecule has 0 N–H and O–H groups in total. The summed E-state index contributed by atoms with van der Waals surface area (Å²) in [7, 11) is 0. The van der Waals surface area contributed by atoms with Gasteiger partial charge in [0.15, 0.2) is 0 Å². The lowest BCUT2D eigenvalue weighted by molar-refractivity contribution is 0.108. The summed E-state index contributed by atoms with van der Waals surface area (Å²) in [6, 6.07) is 7.05. The molecule has 0 saturated carbocycles. The van der Waals surface area contributed by atoms with E-state index in [2.05, 4.69) is 6.58 Å². The first-order valence-electron chi connectivity index (χ1n) is 3.57. The summed E-state index contributed by atoms with van der Waals surface area (Å²) in [5.74, 6) is 0. The number of hydrogen-bond acceptors (Lipinski definition) is 1. The Balaban J connectivity index is 3.01. The van der Waals surface area contributed by atoms with Gasteiger partial charge in [-0.25, -0.2) is 0 Å². The van der Waals surface area contributed by atoms with Gasteiger partial charge in [0.2, 0.25) is 0 Å². The standard InChI is InChI=1S/C10H9ClO/c1-7(2)8-3-5-9(6-4-8)10(11)12/h3-6H,1H2,2H3. The van der Waals surface area contributed by atoms with Gasteiger partial charge in [0, 0.05) is 5.56 Å². The summed E-state index contributed by atoms with van der Waals surface area (Å²) in [5, 5.41) is -0.428. The average molecular weight is 181 g/mol. The van der Waals surface area contributed by atoms with Crippen molar-refractivity contribution >= 4 is 22.4 Å². The van der Waals surface area contributed by atoms with Crippen LogP contribution in [0.5, 0.6) is 0 Å². The molecule has 1 aromatic rings. The van der Waals surface area contributed by atoms with Crippen molar-refractivity contribution in [3.05, 3.63) is 42.0 Å². The molecular weight excluding hydrogens is 172 g/mol. The largest absolute Gasteiger partial charge is 0.276 e. The average Bonchev–Trinajstić information content (AvgIpc) is 2.04. The van der Waals surface area contributed by atoms with Gasteiger partial charge in [0.25, 0.3) is 5.24 Å². The monoisotopic (exact) mass is 180 g/mol. The summed E-state index contributed by atoms with van der Waals surface area (Å²) < 4.78 is 0. The zero-order valence-corrected chi connectivity index (χ0v) is 7.56. The number of rotatable bonds is 2. The number of benzene rings is 1. The fourth-order valence-corrected chi connectivity index (χ4v) is 1.01. The van der Waals surface area contributed by atoms with Crippen LogP contribution < -0.4 is 0 Å². The summed E-state index contributed by atoms with van der Waals surface area (Å²) in [6.07, 6.45) is 0. The van der Waals surface area contributed by atoms with Gasteiger partial charge in [-0.3, -0.25) is 4.79 Å². The van der Waals surface area contributed by atoms with Crippen LogP contribution in [0.1, 0.15) is 22.8 Å². The van der Waals surface area contributed by atoms with Crippen molar-refractivity contribution in [1.29, 1.82) is 0 Å². The van der Waals surface area contributed by atoms with Crippen molar-refractivity contribution in [2.45, 2.75) is 6.92 Å². The first-order chi connectivity index (χ1) is 5.61. The van der Waals surface area contributed by atoms with Crippen LogP contribution in [0.25, 0.3) is 5.57 Å². The number of carbonyl (C=O) groups excluding carboxylic acids is 1. The molecule has 0 amide bonds. The molecule has 0 saturated heterocycles. The van der Waals surface area contributed by atoms with Crippen molar-refractivity contribution in [1.82, 2.24) is 0 Å². The van der Waals surface area contributed by atoms with Crippen molar-refractivity contribution < 1.29 is 4.79 Å². The molecule has 0 bridgehead atoms. The van der Waals surface area contributed by atoms with Crippen molar-refractivity contribution in [2.24, 2.45) is 0 Å². The third-order valence-corrected chi connectivity index (χ3v) is 1.82. The molecule has 1 rings (SSSR count). The topological polar surface area (TPSA) is 17.1 Å². The Morgan fingerprint density at radius 3 is 2.00 bits per heavy atom. The quantitative estimate of drug-likeness (QED) is 0.640. The second kappa shape index (κ2) is 3.55. The van der Waals surface area contributed by atoms with Crippen LogP contribution >= 0.6 is 11.6 Å². The maximum Gasteiger partial charge on any atom is 0.252 e. The number of allylic oxidation sites excluding steroid dienone is 1. The highest BCUT2D eigenvalue weighted by atomic mass is 35.5. The first kappa shape index (κ1) is 9.01. The Morgan fingerprint density at radius 1 is 1.25 bits per heavy atom. The van der Waals surface area contributed by atoms with E-state index in [0.717, 1.165) is 11.1 Å². The molecule has 0 unspecified atom stereocenters. The highest BCUT2D eigenvalue weighted by Gasteiger charge is 2.00. The second-order valence-electron chi connectivity index (χ2n) is 2.63. The van der Waals surface area contributed by atoms with Gasteiger partial charge in [-0.05, 0) is 36.2 Å². The molecule has 0 fully saturated rings. The van der Waals surface area contributed by atoms with Crippen molar-refractivity contribution in [3.63, 3.8) is 0 Å². The van der Waals surface area contributed by atoms with Crippen LogP contribution in [0.2, 0.25) is 0 Å². The van der Waals surface area contributed by atoms with E-state index in [-0.39, 0.29) is 0 Å². The van der Waals surface area contributed by atoms with Gasteiger partial charge in [-0.2, -0.15) is 0 Å². The number of carbonyl (C=O) groups is 1. The molecule has 0 aromatic heterocycles. The lowest BCUT2D eigenvalue weighted by atomic mass is 10.1. The molecule has 0 heterocycles. The fourth-order valence-electron chi connectivity index (χ4n) is 0.886. The van der Waals surface area contributed by atoms with Crippen LogP contribution in [0.4, 0.5) is 0 Å². The minimum atomic E-state index is -0.428. The van der Waals surface area contributed by atoms with Crippen LogP contribution in [-0.2, 0) is 0 Å². The molecule has 0 aliphatic heterocycles. The molecule has 62 valence electrons. The van der Waals surface area contributed by atoms with Crippen LogP contribution in [-0.4, -0.2) is 5.24 Å². The smallest absolute Gasteiger partial charge is 0.252 e. The third kappa shape index (κ3) is 1.95. The Bertz CT molecular complexity index is 278. The van der Waals surface area contributed by atoms with Gasteiger partial charge in [0.05, 0.1) is 0 Å². The van der Waals surface area contributed by atoms with E-state index in [1.807, 2.05) is 19.1 Å². The molecule has 0 spiro atoms. The fraction of sp³-hybridized carbons (Fsp3) is 0.100. The molecule has 12 heavy (non-hydrogen) atoms. The Kier molecular flexibility index (Phi) is 2.66. The molecule has 0 atom stereocenters. The molecule has 0 aliphatic carbocycles. The Morgan fingerprint density at radius 2 is 1.67 bits per heavy atom. The third-order valence-electron chi connectivity index (χ3n) is 1.60. The summed E-state index contributed by atoms with van der Waals surface area (Å²) in [4.78, 5) is 10.7. The van der Waals surface area contributed by atoms with Crippen LogP contribution in [0, 0.1) is 0 Å². The molecule has 1 nitrogen and oxygen atoms in total. The SMILES string of the molecule is C=C(C)c1ccc(C(=O)Cl)cc1. The normalized spacial score (nSPS) is 9.50. The van der Waals surface area contributed by atoms with E-state index in [1.165, 1.54) is 0 Å². The van der Waals surface area contributed by atoms with Gasteiger partial charge in [0.1, 0.15) is 0 Å². The maximum atomic E-state index is 10.7. The molecular formula is C10H9ClO. The lowest BCUT2D eigenvalue weighted by Gasteiger charge is -1.98. The van der Waals surface area contributed by atoms with Gasteiger partial charge >= 0.3 is 0 Å². The number of halogens is 1. The van der Waals surface area contributed by atoms with Crippen molar-refractivity contribution in [2.75, 3.05) is 0 Å². The van der Waals surface area contributed by atoms with Crippen LogP contribution in [0.15, 0.2) is 30.8 Å². The predicted molar refractivity (Wildman–Crippen MR) is 51.3 cm³/mol. The summed E-state index contributed by atoms with van der Waals surface area (Å²) >= 11 is 5.27.